The quantitative estimate of drug-likeness (QED) is 0.442. The van der Waals surface area contributed by atoms with E-state index in [4.69, 9.17) is 16.6 Å². The summed E-state index contributed by atoms with van der Waals surface area (Å²) in [6.45, 7) is 8.19. The Morgan fingerprint density at radius 3 is 2.41 bits per heavy atom. The van der Waals surface area contributed by atoms with Crippen molar-refractivity contribution in [1.29, 1.82) is 0 Å². The highest BCUT2D eigenvalue weighted by molar-refractivity contribution is 6.35. The molecule has 0 fully saturated rings. The zero-order valence-electron chi connectivity index (χ0n) is 15.4. The number of rotatable bonds is 0. The van der Waals surface area contributed by atoms with Crippen molar-refractivity contribution in [2.24, 2.45) is 0 Å². The fraction of sp³-hybridized carbons (Fsp3) is 0.333. The second kappa shape index (κ2) is 5.68. The first-order valence-electron chi connectivity index (χ1n) is 8.67. The van der Waals surface area contributed by atoms with Gasteiger partial charge in [0.05, 0.1) is 27.5 Å². The van der Waals surface area contributed by atoms with Crippen molar-refractivity contribution in [3.05, 3.63) is 57.2 Å². The molecule has 0 amide bonds. The lowest BCUT2D eigenvalue weighted by atomic mass is 9.73. The Hall–Kier alpha value is -2.14. The van der Waals surface area contributed by atoms with Crippen LogP contribution in [0.25, 0.3) is 22.3 Å². The van der Waals surface area contributed by atoms with E-state index in [0.717, 1.165) is 46.5 Å². The number of halogens is 4. The van der Waals surface area contributed by atoms with Crippen LogP contribution < -0.4 is 0 Å². The third kappa shape index (κ3) is 2.89. The number of aryl methyl sites for hydroxylation is 2. The van der Waals surface area contributed by atoms with Gasteiger partial charge in [0, 0.05) is 11.0 Å². The number of benzene rings is 2. The van der Waals surface area contributed by atoms with Crippen LogP contribution in [0, 0.1) is 13.8 Å². The molecule has 1 aliphatic rings. The number of hydrogen-bond acceptors (Lipinski definition) is 2. The maximum absolute atomic E-state index is 13.2. The van der Waals surface area contributed by atoms with Crippen LogP contribution in [-0.2, 0) is 18.0 Å². The Morgan fingerprint density at radius 1 is 1.04 bits per heavy atom. The zero-order chi connectivity index (χ0) is 19.7. The monoisotopic (exact) mass is 390 g/mol. The molecule has 0 N–H and O–H groups in total. The first kappa shape index (κ1) is 18.2. The van der Waals surface area contributed by atoms with Crippen LogP contribution in [0.2, 0.25) is 5.02 Å². The Bertz CT molecular complexity index is 1100. The summed E-state index contributed by atoms with van der Waals surface area (Å²) in [5, 5.41) is -0.0302. The van der Waals surface area contributed by atoms with Crippen molar-refractivity contribution in [3.8, 4) is 11.3 Å². The van der Waals surface area contributed by atoms with Crippen LogP contribution in [0.3, 0.4) is 0 Å². The average molecular weight is 391 g/mol. The molecule has 0 saturated heterocycles. The maximum atomic E-state index is 13.2. The molecule has 4 rings (SSSR count). The van der Waals surface area contributed by atoms with Crippen LogP contribution in [0.5, 0.6) is 0 Å². The average Bonchev–Trinajstić information content (AvgIpc) is 2.51. The van der Waals surface area contributed by atoms with E-state index < -0.39 is 11.7 Å². The summed E-state index contributed by atoms with van der Waals surface area (Å²) in [5.41, 5.74) is 5.12. The SMILES string of the molecule is Cc1cc(C)c2c(c1)CC(C)(C)c1nc3c(Cl)cc(C(F)(F)F)cc3nc1-2. The Balaban J connectivity index is 2.09. The number of nitrogens with zero attached hydrogens (tertiary/aromatic N) is 2. The summed E-state index contributed by atoms with van der Waals surface area (Å²) in [5.74, 6) is 0. The molecule has 0 unspecified atom stereocenters. The maximum Gasteiger partial charge on any atom is 0.416 e. The molecule has 2 nitrogen and oxygen atoms in total. The Labute approximate surface area is 160 Å². The number of hydrogen-bond donors (Lipinski definition) is 0. The van der Waals surface area contributed by atoms with Gasteiger partial charge < -0.3 is 0 Å². The van der Waals surface area contributed by atoms with Gasteiger partial charge in [-0.15, -0.1) is 0 Å². The van der Waals surface area contributed by atoms with E-state index >= 15 is 0 Å². The van der Waals surface area contributed by atoms with Gasteiger partial charge >= 0.3 is 6.18 Å². The van der Waals surface area contributed by atoms with Gasteiger partial charge in [-0.2, -0.15) is 13.2 Å². The van der Waals surface area contributed by atoms with Crippen LogP contribution in [0.15, 0.2) is 24.3 Å². The smallest absolute Gasteiger partial charge is 0.247 e. The molecular weight excluding hydrogens is 373 g/mol. The van der Waals surface area contributed by atoms with Crippen LogP contribution in [-0.4, -0.2) is 9.97 Å². The molecule has 0 bridgehead atoms. The van der Waals surface area contributed by atoms with Crippen molar-refractivity contribution >= 4 is 22.6 Å². The van der Waals surface area contributed by atoms with E-state index in [9.17, 15) is 13.2 Å². The summed E-state index contributed by atoms with van der Waals surface area (Å²) >= 11 is 6.15. The number of fused-ring (bicyclic) bond motifs is 4. The minimum absolute atomic E-state index is 0.0302. The molecule has 1 aliphatic carbocycles. The third-order valence-corrected chi connectivity index (χ3v) is 5.41. The van der Waals surface area contributed by atoms with E-state index in [0.29, 0.717) is 11.2 Å². The fourth-order valence-corrected chi connectivity index (χ4v) is 4.28. The topological polar surface area (TPSA) is 25.8 Å². The lowest BCUT2D eigenvalue weighted by Gasteiger charge is -2.33. The zero-order valence-corrected chi connectivity index (χ0v) is 16.2. The molecule has 2 aromatic carbocycles. The molecule has 140 valence electrons. The summed E-state index contributed by atoms with van der Waals surface area (Å²) in [4.78, 5) is 9.32. The summed E-state index contributed by atoms with van der Waals surface area (Å²) < 4.78 is 39.6. The summed E-state index contributed by atoms with van der Waals surface area (Å²) in [7, 11) is 0. The minimum atomic E-state index is -4.49. The molecule has 27 heavy (non-hydrogen) atoms. The van der Waals surface area contributed by atoms with Gasteiger partial charge in [-0.3, -0.25) is 0 Å². The molecule has 0 saturated carbocycles. The van der Waals surface area contributed by atoms with E-state index in [2.05, 4.69) is 31.0 Å². The molecule has 3 aromatic rings. The minimum Gasteiger partial charge on any atom is -0.247 e. The van der Waals surface area contributed by atoms with Gasteiger partial charge in [0.2, 0.25) is 0 Å². The van der Waals surface area contributed by atoms with Crippen molar-refractivity contribution in [2.45, 2.75) is 45.7 Å². The highest BCUT2D eigenvalue weighted by Crippen LogP contribution is 2.44. The molecule has 0 radical (unpaired) electrons. The predicted octanol–water partition coefficient (Wildman–Crippen LogP) is 6.42. The van der Waals surface area contributed by atoms with E-state index in [1.165, 1.54) is 0 Å². The lowest BCUT2D eigenvalue weighted by Crippen LogP contribution is -2.28. The van der Waals surface area contributed by atoms with Crippen molar-refractivity contribution in [3.63, 3.8) is 0 Å². The number of aromatic nitrogens is 2. The highest BCUT2D eigenvalue weighted by Gasteiger charge is 2.36. The first-order valence-corrected chi connectivity index (χ1v) is 9.04. The van der Waals surface area contributed by atoms with Gasteiger partial charge in [0.15, 0.2) is 0 Å². The lowest BCUT2D eigenvalue weighted by molar-refractivity contribution is -0.137. The number of alkyl halides is 3. The van der Waals surface area contributed by atoms with Gasteiger partial charge in [0.25, 0.3) is 0 Å². The van der Waals surface area contributed by atoms with Gasteiger partial charge in [0.1, 0.15) is 5.52 Å². The second-order valence-corrected chi connectivity index (χ2v) is 8.33. The molecule has 0 aliphatic heterocycles. The van der Waals surface area contributed by atoms with Gasteiger partial charge in [-0.1, -0.05) is 43.1 Å². The Morgan fingerprint density at radius 2 is 1.74 bits per heavy atom. The molecule has 0 atom stereocenters. The first-order chi connectivity index (χ1) is 12.5. The molecular formula is C21H18ClF3N2. The largest absolute Gasteiger partial charge is 0.416 e. The van der Waals surface area contributed by atoms with Crippen molar-refractivity contribution in [2.75, 3.05) is 0 Å². The standard InChI is InChI=1S/C21H18ClF3N2/c1-10-5-11(2)16-12(6-10)9-20(3,4)19-18(16)26-15-8-13(21(23,24)25)7-14(22)17(15)27-19/h5-8H,9H2,1-4H3. The normalized spacial score (nSPS) is 15.6. The second-order valence-electron chi connectivity index (χ2n) is 7.92. The summed E-state index contributed by atoms with van der Waals surface area (Å²) in [6, 6.07) is 6.13. The van der Waals surface area contributed by atoms with E-state index in [1.54, 1.807) is 0 Å². The summed E-state index contributed by atoms with van der Waals surface area (Å²) in [6.07, 6.45) is -3.70. The fourth-order valence-electron chi connectivity index (χ4n) is 4.02. The van der Waals surface area contributed by atoms with E-state index in [-0.39, 0.29) is 16.0 Å². The van der Waals surface area contributed by atoms with Crippen molar-refractivity contribution < 1.29 is 13.2 Å². The van der Waals surface area contributed by atoms with Crippen LogP contribution in [0.4, 0.5) is 13.2 Å². The third-order valence-electron chi connectivity index (χ3n) is 5.12. The molecule has 1 heterocycles. The Kier molecular flexibility index (Phi) is 3.83. The highest BCUT2D eigenvalue weighted by atomic mass is 35.5. The molecule has 6 heteroatoms. The van der Waals surface area contributed by atoms with E-state index in [1.807, 2.05) is 13.8 Å². The van der Waals surface area contributed by atoms with Crippen LogP contribution in [0.1, 0.15) is 41.8 Å². The molecule has 1 aromatic heterocycles. The van der Waals surface area contributed by atoms with Crippen LogP contribution >= 0.6 is 11.6 Å². The van der Waals surface area contributed by atoms with Gasteiger partial charge in [-0.05, 0) is 43.5 Å². The predicted molar refractivity (Wildman–Crippen MR) is 101 cm³/mol. The van der Waals surface area contributed by atoms with Crippen molar-refractivity contribution in [1.82, 2.24) is 9.97 Å². The molecule has 0 spiro atoms. The van der Waals surface area contributed by atoms with Gasteiger partial charge in [-0.25, -0.2) is 9.97 Å².